The normalized spacial score (nSPS) is 10.1. The van der Waals surface area contributed by atoms with Crippen molar-refractivity contribution in [3.05, 3.63) is 36.5 Å². The summed E-state index contributed by atoms with van der Waals surface area (Å²) in [6.07, 6.45) is 2.37. The van der Waals surface area contributed by atoms with E-state index >= 15 is 0 Å². The first-order chi connectivity index (χ1) is 10.2. The molecule has 5 nitrogen and oxygen atoms in total. The zero-order chi connectivity index (χ0) is 15.1. The number of fused-ring (bicyclic) bond motifs is 1. The summed E-state index contributed by atoms with van der Waals surface area (Å²) in [4.78, 5) is 17.6. The minimum atomic E-state index is -0.0244. The van der Waals surface area contributed by atoms with Gasteiger partial charge in [0.1, 0.15) is 5.75 Å². The first-order valence-corrected chi connectivity index (χ1v) is 6.80. The number of amides is 1. The molecule has 21 heavy (non-hydrogen) atoms. The Morgan fingerprint density at radius 3 is 3.05 bits per heavy atom. The standard InChI is InChI=1S/C16H17N3O2/c1-19(11-4-9-17)16(20)8-12-21-15-7-2-6-14-13(15)5-3-10-18-14/h2-3,5-7,10H,4,8,11-12H2,1H3. The Labute approximate surface area is 123 Å². The molecule has 0 aliphatic carbocycles. The van der Waals surface area contributed by atoms with E-state index in [1.807, 2.05) is 36.4 Å². The van der Waals surface area contributed by atoms with E-state index in [0.717, 1.165) is 16.7 Å². The van der Waals surface area contributed by atoms with Gasteiger partial charge >= 0.3 is 0 Å². The third kappa shape index (κ3) is 3.93. The molecule has 1 heterocycles. The number of carbonyl (C=O) groups excluding carboxylic acids is 1. The highest BCUT2D eigenvalue weighted by Crippen LogP contribution is 2.23. The Hall–Kier alpha value is -2.61. The molecule has 0 aliphatic heterocycles. The van der Waals surface area contributed by atoms with Gasteiger partial charge in [-0.1, -0.05) is 6.07 Å². The van der Waals surface area contributed by atoms with Gasteiger partial charge in [-0.2, -0.15) is 5.26 Å². The Kier molecular flexibility index (Phi) is 5.10. The van der Waals surface area contributed by atoms with Gasteiger partial charge in [-0.3, -0.25) is 9.78 Å². The molecule has 0 N–H and O–H groups in total. The zero-order valence-corrected chi connectivity index (χ0v) is 12.0. The fourth-order valence-corrected chi connectivity index (χ4v) is 1.98. The van der Waals surface area contributed by atoms with Gasteiger partial charge in [-0.15, -0.1) is 0 Å². The van der Waals surface area contributed by atoms with Crippen LogP contribution in [0, 0.1) is 11.3 Å². The molecule has 2 rings (SSSR count). The maximum absolute atomic E-state index is 11.8. The van der Waals surface area contributed by atoms with Crippen molar-refractivity contribution in [2.75, 3.05) is 20.2 Å². The van der Waals surface area contributed by atoms with Crippen molar-refractivity contribution in [3.63, 3.8) is 0 Å². The molecule has 108 valence electrons. The zero-order valence-electron chi connectivity index (χ0n) is 12.0. The van der Waals surface area contributed by atoms with E-state index in [-0.39, 0.29) is 5.91 Å². The minimum absolute atomic E-state index is 0.0244. The molecule has 0 aliphatic rings. The maximum Gasteiger partial charge on any atom is 0.225 e. The highest BCUT2D eigenvalue weighted by Gasteiger charge is 2.09. The van der Waals surface area contributed by atoms with Crippen molar-refractivity contribution in [3.8, 4) is 11.8 Å². The number of hydrogen-bond donors (Lipinski definition) is 0. The summed E-state index contributed by atoms with van der Waals surface area (Å²) >= 11 is 0. The number of nitrogens with zero attached hydrogens (tertiary/aromatic N) is 3. The fraction of sp³-hybridized carbons (Fsp3) is 0.312. The van der Waals surface area contributed by atoms with Crippen molar-refractivity contribution in [2.45, 2.75) is 12.8 Å². The van der Waals surface area contributed by atoms with Crippen LogP contribution in [0.15, 0.2) is 36.5 Å². The lowest BCUT2D eigenvalue weighted by Gasteiger charge is -2.15. The number of rotatable bonds is 6. The number of nitriles is 1. The van der Waals surface area contributed by atoms with Crippen LogP contribution in [0.3, 0.4) is 0 Å². The molecule has 1 amide bonds. The molecule has 0 atom stereocenters. The second-order valence-electron chi connectivity index (χ2n) is 4.65. The van der Waals surface area contributed by atoms with Crippen molar-refractivity contribution >= 4 is 16.8 Å². The van der Waals surface area contributed by atoms with Gasteiger partial charge in [0.15, 0.2) is 0 Å². The van der Waals surface area contributed by atoms with Gasteiger partial charge in [-0.05, 0) is 24.3 Å². The molecular weight excluding hydrogens is 266 g/mol. The highest BCUT2D eigenvalue weighted by atomic mass is 16.5. The molecule has 0 spiro atoms. The van der Waals surface area contributed by atoms with Crippen LogP contribution in [-0.4, -0.2) is 36.0 Å². The molecule has 0 saturated carbocycles. The molecule has 2 aromatic rings. The quantitative estimate of drug-likeness (QED) is 0.816. The van der Waals surface area contributed by atoms with Crippen molar-refractivity contribution in [1.29, 1.82) is 5.26 Å². The van der Waals surface area contributed by atoms with E-state index in [2.05, 4.69) is 4.98 Å². The molecule has 0 fully saturated rings. The lowest BCUT2D eigenvalue weighted by Crippen LogP contribution is -2.28. The molecule has 0 radical (unpaired) electrons. The minimum Gasteiger partial charge on any atom is -0.492 e. The molecule has 1 aromatic heterocycles. The second kappa shape index (κ2) is 7.25. The van der Waals surface area contributed by atoms with Crippen LogP contribution < -0.4 is 4.74 Å². The number of hydrogen-bond acceptors (Lipinski definition) is 4. The molecule has 0 saturated heterocycles. The van der Waals surface area contributed by atoms with E-state index in [4.69, 9.17) is 10.00 Å². The van der Waals surface area contributed by atoms with Crippen LogP contribution in [0.1, 0.15) is 12.8 Å². The number of aromatic nitrogens is 1. The molecule has 5 heteroatoms. The Morgan fingerprint density at radius 1 is 1.38 bits per heavy atom. The lowest BCUT2D eigenvalue weighted by molar-refractivity contribution is -0.130. The first kappa shape index (κ1) is 14.8. The van der Waals surface area contributed by atoms with Crippen LogP contribution in [0.4, 0.5) is 0 Å². The Morgan fingerprint density at radius 2 is 2.24 bits per heavy atom. The summed E-state index contributed by atoms with van der Waals surface area (Å²) in [5.74, 6) is 0.705. The topological polar surface area (TPSA) is 66.2 Å². The van der Waals surface area contributed by atoms with Gasteiger partial charge in [-0.25, -0.2) is 0 Å². The summed E-state index contributed by atoms with van der Waals surface area (Å²) in [5.41, 5.74) is 0.868. The second-order valence-corrected chi connectivity index (χ2v) is 4.65. The van der Waals surface area contributed by atoms with Crippen molar-refractivity contribution in [2.24, 2.45) is 0 Å². The number of pyridine rings is 1. The summed E-state index contributed by atoms with van der Waals surface area (Å²) in [6, 6.07) is 11.5. The average molecular weight is 283 g/mol. The van der Waals surface area contributed by atoms with Gasteiger partial charge in [0.2, 0.25) is 5.91 Å². The smallest absolute Gasteiger partial charge is 0.225 e. The van der Waals surface area contributed by atoms with Gasteiger partial charge < -0.3 is 9.64 Å². The van der Waals surface area contributed by atoms with Crippen LogP contribution in [0.25, 0.3) is 10.9 Å². The van der Waals surface area contributed by atoms with Crippen LogP contribution in [0.5, 0.6) is 5.75 Å². The monoisotopic (exact) mass is 283 g/mol. The van der Waals surface area contributed by atoms with Crippen molar-refractivity contribution in [1.82, 2.24) is 9.88 Å². The summed E-state index contributed by atoms with van der Waals surface area (Å²) in [6.45, 7) is 0.761. The maximum atomic E-state index is 11.8. The first-order valence-electron chi connectivity index (χ1n) is 6.80. The van der Waals surface area contributed by atoms with E-state index in [1.165, 1.54) is 0 Å². The summed E-state index contributed by atoms with van der Waals surface area (Å²) < 4.78 is 5.69. The fourth-order valence-electron chi connectivity index (χ4n) is 1.98. The number of carbonyl (C=O) groups is 1. The SMILES string of the molecule is CN(CCC#N)C(=O)CCOc1cccc2ncccc12. The lowest BCUT2D eigenvalue weighted by atomic mass is 10.2. The van der Waals surface area contributed by atoms with Crippen LogP contribution in [-0.2, 0) is 4.79 Å². The van der Waals surface area contributed by atoms with E-state index in [1.54, 1.807) is 18.1 Å². The summed E-state index contributed by atoms with van der Waals surface area (Å²) in [5, 5.41) is 9.44. The number of ether oxygens (including phenoxy) is 1. The van der Waals surface area contributed by atoms with E-state index < -0.39 is 0 Å². The van der Waals surface area contributed by atoms with E-state index in [0.29, 0.717) is 26.0 Å². The predicted molar refractivity (Wildman–Crippen MR) is 79.7 cm³/mol. The van der Waals surface area contributed by atoms with Gasteiger partial charge in [0.25, 0.3) is 0 Å². The average Bonchev–Trinajstić information content (AvgIpc) is 2.52. The number of benzene rings is 1. The third-order valence-electron chi connectivity index (χ3n) is 3.16. The van der Waals surface area contributed by atoms with Crippen LogP contribution in [0.2, 0.25) is 0 Å². The van der Waals surface area contributed by atoms with E-state index in [9.17, 15) is 4.79 Å². The summed E-state index contributed by atoms with van der Waals surface area (Å²) in [7, 11) is 1.70. The largest absolute Gasteiger partial charge is 0.492 e. The third-order valence-corrected chi connectivity index (χ3v) is 3.16. The van der Waals surface area contributed by atoms with Gasteiger partial charge in [0, 0.05) is 25.2 Å². The highest BCUT2D eigenvalue weighted by molar-refractivity contribution is 5.84. The van der Waals surface area contributed by atoms with Crippen molar-refractivity contribution < 1.29 is 9.53 Å². The Bertz CT molecular complexity index is 659. The van der Waals surface area contributed by atoms with Crippen LogP contribution >= 0.6 is 0 Å². The molecule has 0 bridgehead atoms. The van der Waals surface area contributed by atoms with Gasteiger partial charge in [0.05, 0.1) is 31.0 Å². The predicted octanol–water partition coefficient (Wildman–Crippen LogP) is 2.38. The molecular formula is C16H17N3O2. The molecule has 0 unspecified atom stereocenters. The molecule has 1 aromatic carbocycles. The Balaban J connectivity index is 1.91.